The van der Waals surface area contributed by atoms with Crippen LogP contribution < -0.4 is 5.32 Å². The van der Waals surface area contributed by atoms with Crippen molar-refractivity contribution in [3.63, 3.8) is 0 Å². The van der Waals surface area contributed by atoms with Gasteiger partial charge in [-0.05, 0) is 60.6 Å². The largest absolute Gasteiger partial charge is 0.465 e. The monoisotopic (exact) mass is 365 g/mol. The van der Waals surface area contributed by atoms with Crippen LogP contribution in [-0.2, 0) is 10.9 Å². The van der Waals surface area contributed by atoms with Gasteiger partial charge in [-0.1, -0.05) is 19.1 Å². The lowest BCUT2D eigenvalue weighted by atomic mass is 9.87. The summed E-state index contributed by atoms with van der Waals surface area (Å²) in [6, 6.07) is 7.28. The zero-order valence-corrected chi connectivity index (χ0v) is 14.8. The average molecular weight is 365 g/mol. The minimum absolute atomic E-state index is 0.0547. The highest BCUT2D eigenvalue weighted by molar-refractivity contribution is 5.98. The van der Waals surface area contributed by atoms with Crippen molar-refractivity contribution in [1.29, 1.82) is 0 Å². The van der Waals surface area contributed by atoms with E-state index in [4.69, 9.17) is 0 Å². The van der Waals surface area contributed by atoms with Crippen LogP contribution in [0.2, 0.25) is 0 Å². The summed E-state index contributed by atoms with van der Waals surface area (Å²) >= 11 is 0. The summed E-state index contributed by atoms with van der Waals surface area (Å²) in [6.45, 7) is 2.17. The second kappa shape index (κ2) is 7.17. The third-order valence-corrected chi connectivity index (χ3v) is 5.10. The van der Waals surface area contributed by atoms with Gasteiger partial charge in [0, 0.05) is 11.7 Å². The SMILES string of the molecule is COC(=O)c1ccc2c(C(F)(F)F)c(NC3CCC(C)CC3)ccc2c1. The molecule has 26 heavy (non-hydrogen) atoms. The molecule has 0 amide bonds. The summed E-state index contributed by atoms with van der Waals surface area (Å²) < 4.78 is 46.0. The molecule has 1 N–H and O–H groups in total. The molecule has 1 aliphatic carbocycles. The minimum atomic E-state index is -4.49. The highest BCUT2D eigenvalue weighted by atomic mass is 19.4. The van der Waals surface area contributed by atoms with Crippen molar-refractivity contribution < 1.29 is 22.7 Å². The Bertz CT molecular complexity index is 809. The molecular weight excluding hydrogens is 343 g/mol. The molecule has 0 aromatic heterocycles. The number of nitrogens with one attached hydrogen (secondary N) is 1. The van der Waals surface area contributed by atoms with Gasteiger partial charge in [0.25, 0.3) is 0 Å². The van der Waals surface area contributed by atoms with E-state index in [9.17, 15) is 18.0 Å². The van der Waals surface area contributed by atoms with Crippen LogP contribution in [0.3, 0.4) is 0 Å². The zero-order valence-electron chi connectivity index (χ0n) is 14.8. The summed E-state index contributed by atoms with van der Waals surface area (Å²) in [4.78, 5) is 11.6. The Labute approximate surface area is 150 Å². The fraction of sp³-hybridized carbons (Fsp3) is 0.450. The van der Waals surface area contributed by atoms with Crippen LogP contribution in [0.1, 0.15) is 48.5 Å². The Morgan fingerprint density at radius 2 is 1.81 bits per heavy atom. The Hall–Kier alpha value is -2.24. The van der Waals surface area contributed by atoms with E-state index in [1.165, 1.54) is 31.4 Å². The number of rotatable bonds is 3. The van der Waals surface area contributed by atoms with Crippen LogP contribution in [0.4, 0.5) is 18.9 Å². The van der Waals surface area contributed by atoms with Gasteiger partial charge < -0.3 is 10.1 Å². The Morgan fingerprint density at radius 1 is 1.12 bits per heavy atom. The number of carbonyl (C=O) groups excluding carboxylic acids is 1. The first-order valence-corrected chi connectivity index (χ1v) is 8.78. The van der Waals surface area contributed by atoms with Gasteiger partial charge in [0.2, 0.25) is 0 Å². The molecule has 1 aliphatic rings. The van der Waals surface area contributed by atoms with E-state index in [1.807, 2.05) is 0 Å². The number of ether oxygens (including phenoxy) is 1. The number of carbonyl (C=O) groups is 1. The Kier molecular flexibility index (Phi) is 5.12. The smallest absolute Gasteiger partial charge is 0.418 e. The van der Waals surface area contributed by atoms with Crippen molar-refractivity contribution in [3.05, 3.63) is 41.5 Å². The molecule has 0 bridgehead atoms. The number of benzene rings is 2. The molecule has 0 saturated heterocycles. The van der Waals surface area contributed by atoms with Crippen molar-refractivity contribution in [2.75, 3.05) is 12.4 Å². The van der Waals surface area contributed by atoms with Gasteiger partial charge in [0.15, 0.2) is 0 Å². The Balaban J connectivity index is 2.02. The second-order valence-corrected chi connectivity index (χ2v) is 7.01. The molecular formula is C20H22F3NO2. The van der Waals surface area contributed by atoms with Crippen LogP contribution in [0.15, 0.2) is 30.3 Å². The molecule has 6 heteroatoms. The average Bonchev–Trinajstić information content (AvgIpc) is 2.61. The molecule has 0 aliphatic heterocycles. The lowest BCUT2D eigenvalue weighted by Gasteiger charge is -2.29. The molecule has 1 saturated carbocycles. The lowest BCUT2D eigenvalue weighted by Crippen LogP contribution is -2.26. The van der Waals surface area contributed by atoms with E-state index < -0.39 is 17.7 Å². The maximum Gasteiger partial charge on any atom is 0.418 e. The highest BCUT2D eigenvalue weighted by Gasteiger charge is 2.36. The van der Waals surface area contributed by atoms with Crippen molar-refractivity contribution >= 4 is 22.4 Å². The van der Waals surface area contributed by atoms with Crippen molar-refractivity contribution in [1.82, 2.24) is 0 Å². The first kappa shape index (κ1) is 18.5. The third kappa shape index (κ3) is 3.79. The molecule has 0 atom stereocenters. The van der Waals surface area contributed by atoms with Crippen molar-refractivity contribution in [3.8, 4) is 0 Å². The standard InChI is InChI=1S/C20H22F3NO2/c1-12-3-7-15(8-4-12)24-17-10-6-13-11-14(19(25)26-2)5-9-16(13)18(17)20(21,22)23/h5-6,9-12,15,24H,3-4,7-8H2,1-2H3. The molecule has 2 aromatic rings. The number of alkyl halides is 3. The van der Waals surface area contributed by atoms with Gasteiger partial charge in [0.05, 0.1) is 18.2 Å². The molecule has 3 rings (SSSR count). The topological polar surface area (TPSA) is 38.3 Å². The maximum atomic E-state index is 13.8. The molecule has 2 aromatic carbocycles. The van der Waals surface area contributed by atoms with E-state index in [2.05, 4.69) is 17.0 Å². The van der Waals surface area contributed by atoms with Crippen LogP contribution in [0.25, 0.3) is 10.8 Å². The van der Waals surface area contributed by atoms with Crippen LogP contribution in [0, 0.1) is 5.92 Å². The van der Waals surface area contributed by atoms with Gasteiger partial charge in [-0.2, -0.15) is 13.2 Å². The fourth-order valence-corrected chi connectivity index (χ4v) is 3.62. The summed E-state index contributed by atoms with van der Waals surface area (Å²) in [6.07, 6.45) is -0.698. The van der Waals surface area contributed by atoms with Gasteiger partial charge >= 0.3 is 12.1 Å². The van der Waals surface area contributed by atoms with Gasteiger partial charge in [-0.3, -0.25) is 0 Å². The summed E-state index contributed by atoms with van der Waals surface area (Å²) in [5.74, 6) is 0.0578. The highest BCUT2D eigenvalue weighted by Crippen LogP contribution is 2.41. The number of halogens is 3. The minimum Gasteiger partial charge on any atom is -0.465 e. The van der Waals surface area contributed by atoms with Gasteiger partial charge in [-0.15, -0.1) is 0 Å². The lowest BCUT2D eigenvalue weighted by molar-refractivity contribution is -0.135. The number of hydrogen-bond donors (Lipinski definition) is 1. The normalized spacial score (nSPS) is 20.8. The van der Waals surface area contributed by atoms with E-state index in [0.29, 0.717) is 11.3 Å². The van der Waals surface area contributed by atoms with Gasteiger partial charge in [0.1, 0.15) is 0 Å². The molecule has 0 heterocycles. The summed E-state index contributed by atoms with van der Waals surface area (Å²) in [7, 11) is 1.24. The second-order valence-electron chi connectivity index (χ2n) is 7.01. The number of fused-ring (bicyclic) bond motifs is 1. The molecule has 140 valence electrons. The predicted octanol–water partition coefficient (Wildman–Crippen LogP) is 5.64. The zero-order chi connectivity index (χ0) is 18.9. The van der Waals surface area contributed by atoms with Crippen LogP contribution in [-0.4, -0.2) is 19.1 Å². The van der Waals surface area contributed by atoms with Gasteiger partial charge in [-0.25, -0.2) is 4.79 Å². The molecule has 1 fully saturated rings. The number of anilines is 1. The number of hydrogen-bond acceptors (Lipinski definition) is 3. The first-order valence-electron chi connectivity index (χ1n) is 8.78. The fourth-order valence-electron chi connectivity index (χ4n) is 3.62. The summed E-state index contributed by atoms with van der Waals surface area (Å²) in [5, 5.41) is 3.55. The number of methoxy groups -OCH3 is 1. The Morgan fingerprint density at radius 3 is 2.42 bits per heavy atom. The molecule has 0 spiro atoms. The predicted molar refractivity (Wildman–Crippen MR) is 95.3 cm³/mol. The quantitative estimate of drug-likeness (QED) is 0.716. The maximum absolute atomic E-state index is 13.8. The first-order chi connectivity index (χ1) is 12.3. The number of esters is 1. The third-order valence-electron chi connectivity index (χ3n) is 5.10. The van der Waals surface area contributed by atoms with Crippen LogP contribution >= 0.6 is 0 Å². The van der Waals surface area contributed by atoms with Crippen molar-refractivity contribution in [2.24, 2.45) is 5.92 Å². The molecule has 3 nitrogen and oxygen atoms in total. The summed E-state index contributed by atoms with van der Waals surface area (Å²) in [5.41, 5.74) is -0.337. The van der Waals surface area contributed by atoms with Crippen LogP contribution in [0.5, 0.6) is 0 Å². The van der Waals surface area contributed by atoms with E-state index in [0.717, 1.165) is 25.7 Å². The molecule has 0 unspecified atom stereocenters. The van der Waals surface area contributed by atoms with E-state index >= 15 is 0 Å². The molecule has 0 radical (unpaired) electrons. The van der Waals surface area contributed by atoms with Crippen molar-refractivity contribution in [2.45, 2.75) is 44.8 Å². The van der Waals surface area contributed by atoms with E-state index in [-0.39, 0.29) is 22.7 Å². The van der Waals surface area contributed by atoms with E-state index in [1.54, 1.807) is 6.07 Å².